The standard InChI is InChI=1S/C40H42N6O7/c1-24-21-26-13-12-16-30-34(26)46(24)44(28-14-8-7-9-15-28)23-33(35(30)47)45-25(2)42-32-22-27(18-19-29(32)37(45)49)36(48)43-31(38(50)52-6)17-10-11-20-41-39(51)53-40(3,4)5/h7-9,12-16,18-19,21-23,31H,10-11,17,20H2,1-6H3,(H,41,51)(H,43,48)/t31-/m0/s1. The number of unbranched alkanes of at least 4 members (excludes halogenated alkanes) is 1. The summed E-state index contributed by atoms with van der Waals surface area (Å²) >= 11 is 0. The molecule has 3 heterocycles. The van der Waals surface area contributed by atoms with Gasteiger partial charge in [-0.25, -0.2) is 14.6 Å². The Morgan fingerprint density at radius 1 is 0.925 bits per heavy atom. The third-order valence-corrected chi connectivity index (χ3v) is 8.85. The Morgan fingerprint density at radius 3 is 2.40 bits per heavy atom. The molecular weight excluding hydrogens is 676 g/mol. The Labute approximate surface area is 306 Å². The van der Waals surface area contributed by atoms with Gasteiger partial charge < -0.3 is 20.1 Å². The number of rotatable bonds is 10. The summed E-state index contributed by atoms with van der Waals surface area (Å²) in [4.78, 5) is 71.2. The molecule has 0 saturated carbocycles. The number of hydrogen-bond acceptors (Lipinski definition) is 9. The second-order valence-electron chi connectivity index (χ2n) is 13.9. The lowest BCUT2D eigenvalue weighted by Crippen LogP contribution is -2.41. The average Bonchev–Trinajstić information content (AvgIpc) is 3.39. The van der Waals surface area contributed by atoms with Gasteiger partial charge in [-0.3, -0.25) is 28.6 Å². The number of nitrogens with one attached hydrogen (secondary N) is 2. The topological polar surface area (TPSA) is 154 Å². The monoisotopic (exact) mass is 718 g/mol. The van der Waals surface area contributed by atoms with Gasteiger partial charge in [0.2, 0.25) is 5.78 Å². The second kappa shape index (κ2) is 14.8. The number of ketones is 1. The molecule has 0 saturated heterocycles. The van der Waals surface area contributed by atoms with Crippen molar-refractivity contribution in [3.8, 4) is 0 Å². The molecule has 3 aromatic carbocycles. The fourth-order valence-corrected chi connectivity index (χ4v) is 6.47. The molecular formula is C40H42N6O7. The Hall–Kier alpha value is -6.24. The molecule has 0 bridgehead atoms. The lowest BCUT2D eigenvalue weighted by molar-refractivity contribution is -0.143. The number of fused-ring (bicyclic) bond motifs is 1. The highest BCUT2D eigenvalue weighted by molar-refractivity contribution is 6.29. The van der Waals surface area contributed by atoms with E-state index in [1.54, 1.807) is 40.0 Å². The van der Waals surface area contributed by atoms with Crippen LogP contribution in [0.4, 0.5) is 10.5 Å². The van der Waals surface area contributed by atoms with Crippen molar-refractivity contribution in [1.82, 2.24) is 24.9 Å². The largest absolute Gasteiger partial charge is 0.467 e. The number of aryl methyl sites for hydroxylation is 2. The zero-order valence-corrected chi connectivity index (χ0v) is 30.6. The van der Waals surface area contributed by atoms with Gasteiger partial charge in [0.05, 0.1) is 41.0 Å². The summed E-state index contributed by atoms with van der Waals surface area (Å²) in [5.74, 6) is -1.26. The van der Waals surface area contributed by atoms with Gasteiger partial charge >= 0.3 is 12.1 Å². The van der Waals surface area contributed by atoms with Crippen LogP contribution in [0, 0.1) is 13.8 Å². The third-order valence-electron chi connectivity index (χ3n) is 8.85. The van der Waals surface area contributed by atoms with E-state index in [0.717, 1.165) is 22.3 Å². The SMILES string of the molecule is COC(=O)[C@H](CCCCNC(=O)OC(C)(C)C)NC(=O)c1ccc2c(=O)n(C3=CN(c4ccccc4)n4c(C)cc5cccc(c54)C3=O)c(C)nc2c1. The molecule has 2 amide bonds. The highest BCUT2D eigenvalue weighted by atomic mass is 16.6. The summed E-state index contributed by atoms with van der Waals surface area (Å²) in [5, 5.41) is 8.35. The van der Waals surface area contributed by atoms with Crippen molar-refractivity contribution in [1.29, 1.82) is 0 Å². The van der Waals surface area contributed by atoms with Gasteiger partial charge in [0.25, 0.3) is 11.5 Å². The van der Waals surface area contributed by atoms with Gasteiger partial charge in [-0.1, -0.05) is 30.3 Å². The highest BCUT2D eigenvalue weighted by Crippen LogP contribution is 2.33. The summed E-state index contributed by atoms with van der Waals surface area (Å²) < 4.78 is 13.4. The van der Waals surface area contributed by atoms with Gasteiger partial charge in [-0.05, 0) is 96.3 Å². The molecule has 5 aromatic rings. The van der Waals surface area contributed by atoms with Crippen molar-refractivity contribution in [2.45, 2.75) is 65.5 Å². The van der Waals surface area contributed by atoms with E-state index in [1.165, 1.54) is 29.9 Å². The van der Waals surface area contributed by atoms with Crippen LogP contribution in [0.5, 0.6) is 0 Å². The van der Waals surface area contributed by atoms with Crippen molar-refractivity contribution >= 4 is 56.9 Å². The van der Waals surface area contributed by atoms with Crippen LogP contribution in [0.1, 0.15) is 72.3 Å². The average molecular weight is 719 g/mol. The lowest BCUT2D eigenvalue weighted by atomic mass is 10.0. The summed E-state index contributed by atoms with van der Waals surface area (Å²) in [6.07, 6.45) is 2.44. The number of anilines is 1. The number of aromatic nitrogens is 3. The number of esters is 1. The first-order valence-electron chi connectivity index (χ1n) is 17.4. The van der Waals surface area contributed by atoms with E-state index in [-0.39, 0.29) is 40.2 Å². The second-order valence-corrected chi connectivity index (χ2v) is 13.9. The van der Waals surface area contributed by atoms with Gasteiger partial charge in [-0.2, -0.15) is 0 Å². The molecule has 6 rings (SSSR count). The number of carbonyl (C=O) groups is 4. The molecule has 1 atom stereocenters. The summed E-state index contributed by atoms with van der Waals surface area (Å²) in [6.45, 7) is 9.25. The van der Waals surface area contributed by atoms with E-state index in [0.29, 0.717) is 24.9 Å². The number of hydrogen-bond donors (Lipinski definition) is 2. The number of Topliss-reactive ketones (excluding diaryl/α,β-unsaturated/α-hetero) is 1. The zero-order valence-electron chi connectivity index (χ0n) is 30.6. The maximum absolute atomic E-state index is 14.4. The Morgan fingerprint density at radius 2 is 1.68 bits per heavy atom. The number of benzene rings is 3. The van der Waals surface area contributed by atoms with Gasteiger partial charge in [0.1, 0.15) is 23.2 Å². The molecule has 1 aliphatic rings. The van der Waals surface area contributed by atoms with Crippen molar-refractivity contribution in [3.05, 3.63) is 112 Å². The minimum absolute atomic E-state index is 0.116. The normalized spacial score (nSPS) is 13.4. The van der Waals surface area contributed by atoms with Crippen LogP contribution in [0.15, 0.2) is 83.8 Å². The fraction of sp³-hybridized carbons (Fsp3) is 0.300. The predicted octanol–water partition coefficient (Wildman–Crippen LogP) is 5.90. The van der Waals surface area contributed by atoms with E-state index in [4.69, 9.17) is 9.47 Å². The number of para-hydroxylation sites is 2. The molecule has 0 fully saturated rings. The van der Waals surface area contributed by atoms with E-state index < -0.39 is 35.2 Å². The molecule has 2 N–H and O–H groups in total. The van der Waals surface area contributed by atoms with Crippen LogP contribution in [-0.2, 0) is 14.3 Å². The molecule has 0 spiro atoms. The van der Waals surface area contributed by atoms with E-state index in [9.17, 15) is 24.0 Å². The first kappa shape index (κ1) is 36.5. The first-order valence-corrected chi connectivity index (χ1v) is 17.4. The Balaban J connectivity index is 1.27. The molecule has 0 radical (unpaired) electrons. The summed E-state index contributed by atoms with van der Waals surface area (Å²) in [7, 11) is 1.24. The van der Waals surface area contributed by atoms with E-state index in [1.807, 2.05) is 65.1 Å². The Kier molecular flexibility index (Phi) is 10.2. The minimum Gasteiger partial charge on any atom is -0.467 e. The van der Waals surface area contributed by atoms with Crippen molar-refractivity contribution in [2.75, 3.05) is 18.7 Å². The van der Waals surface area contributed by atoms with Crippen molar-refractivity contribution < 1.29 is 28.7 Å². The van der Waals surface area contributed by atoms with Crippen LogP contribution in [-0.4, -0.2) is 63.3 Å². The third kappa shape index (κ3) is 7.55. The van der Waals surface area contributed by atoms with Crippen LogP contribution < -0.4 is 21.2 Å². The predicted molar refractivity (Wildman–Crippen MR) is 202 cm³/mol. The zero-order chi connectivity index (χ0) is 38.0. The van der Waals surface area contributed by atoms with Crippen LogP contribution in [0.2, 0.25) is 0 Å². The number of amides is 2. The number of allylic oxidation sites excluding steroid dienone is 1. The molecule has 2 aromatic heterocycles. The smallest absolute Gasteiger partial charge is 0.407 e. The molecule has 0 unspecified atom stereocenters. The number of methoxy groups -OCH3 is 1. The van der Waals surface area contributed by atoms with Crippen LogP contribution in [0.3, 0.4) is 0 Å². The number of ether oxygens (including phenoxy) is 2. The molecule has 53 heavy (non-hydrogen) atoms. The van der Waals surface area contributed by atoms with Crippen molar-refractivity contribution in [3.63, 3.8) is 0 Å². The van der Waals surface area contributed by atoms with Crippen LogP contribution >= 0.6 is 0 Å². The van der Waals surface area contributed by atoms with E-state index in [2.05, 4.69) is 15.6 Å². The first-order chi connectivity index (χ1) is 25.3. The quantitative estimate of drug-likeness (QED) is 0.133. The molecule has 1 aliphatic heterocycles. The van der Waals surface area contributed by atoms with Gasteiger partial charge in [0, 0.05) is 23.2 Å². The van der Waals surface area contributed by atoms with Gasteiger partial charge in [0.15, 0.2) is 0 Å². The maximum atomic E-state index is 14.4. The molecule has 13 nitrogen and oxygen atoms in total. The Bertz CT molecular complexity index is 2340. The molecule has 13 heteroatoms. The molecule has 0 aliphatic carbocycles. The van der Waals surface area contributed by atoms with Gasteiger partial charge in [-0.15, -0.1) is 0 Å². The minimum atomic E-state index is -0.943. The van der Waals surface area contributed by atoms with Crippen LogP contribution in [0.25, 0.3) is 27.5 Å². The number of nitrogens with zero attached hydrogens (tertiary/aromatic N) is 4. The maximum Gasteiger partial charge on any atom is 0.407 e. The number of carbonyl (C=O) groups excluding carboxylic acids is 4. The summed E-state index contributed by atoms with van der Waals surface area (Å²) in [5.41, 5.74) is 2.32. The molecule has 274 valence electrons. The summed E-state index contributed by atoms with van der Waals surface area (Å²) in [6, 6.07) is 20.6. The fourth-order valence-electron chi connectivity index (χ4n) is 6.47. The van der Waals surface area contributed by atoms with E-state index >= 15 is 0 Å². The van der Waals surface area contributed by atoms with Crippen molar-refractivity contribution in [2.24, 2.45) is 0 Å². The lowest BCUT2D eigenvalue weighted by Gasteiger charge is -2.25. The highest BCUT2D eigenvalue weighted by Gasteiger charge is 2.29. The number of alkyl carbamates (subject to hydrolysis) is 1.